The predicted octanol–water partition coefficient (Wildman–Crippen LogP) is 3.66. The molecule has 1 aromatic carbocycles. The quantitative estimate of drug-likeness (QED) is 0.597. The van der Waals surface area contributed by atoms with Crippen LogP contribution < -0.4 is 10.9 Å². The number of anilines is 1. The smallest absolute Gasteiger partial charge is 0.325 e. The summed E-state index contributed by atoms with van der Waals surface area (Å²) < 4.78 is 40.5. The average Bonchev–Trinajstić information content (AvgIpc) is 3.08. The van der Waals surface area contributed by atoms with E-state index in [0.29, 0.717) is 23.0 Å². The Balaban J connectivity index is 1.74. The molecule has 0 fully saturated rings. The number of para-hydroxylation sites is 1. The number of nitrogens with zero attached hydrogens (tertiary/aromatic N) is 2. The molecule has 0 saturated heterocycles. The molecule has 27 heavy (non-hydrogen) atoms. The number of benzene rings is 1. The zero-order valence-electron chi connectivity index (χ0n) is 14.3. The Kier molecular flexibility index (Phi) is 5.85. The maximum Gasteiger partial charge on any atom is 0.418 e. The molecule has 2 aromatic rings. The van der Waals surface area contributed by atoms with Gasteiger partial charge in [-0.05, 0) is 19.1 Å². The summed E-state index contributed by atoms with van der Waals surface area (Å²) in [6, 6.07) is 4.81. The van der Waals surface area contributed by atoms with Gasteiger partial charge in [0.2, 0.25) is 5.91 Å². The summed E-state index contributed by atoms with van der Waals surface area (Å²) in [5, 5.41) is 2.70. The van der Waals surface area contributed by atoms with Crippen molar-refractivity contribution in [1.29, 1.82) is 0 Å². The normalized spacial score (nSPS) is 13.5. The third kappa shape index (κ3) is 4.32. The summed E-state index contributed by atoms with van der Waals surface area (Å²) >= 11 is 2.51. The van der Waals surface area contributed by atoms with E-state index >= 15 is 0 Å². The first kappa shape index (κ1) is 19.8. The molecule has 0 spiro atoms. The van der Waals surface area contributed by atoms with Crippen molar-refractivity contribution in [3.63, 3.8) is 0 Å². The second-order valence-corrected chi connectivity index (χ2v) is 7.75. The molecule has 5 nitrogen and oxygen atoms in total. The first-order valence-electron chi connectivity index (χ1n) is 8.16. The average molecular weight is 415 g/mol. The molecule has 1 N–H and O–H groups in total. The van der Waals surface area contributed by atoms with Crippen molar-refractivity contribution in [2.45, 2.75) is 36.1 Å². The van der Waals surface area contributed by atoms with Gasteiger partial charge < -0.3 is 5.32 Å². The fraction of sp³-hybridized carbons (Fsp3) is 0.353. The molecule has 144 valence electrons. The standard InChI is InChI=1S/C17H16F3N3O2S2/c1-2-23-15(25)14-12(7-8-26-14)22-16(23)27-9-13(24)21-11-6-4-3-5-10(11)17(18,19)20/h3-6H,2,7-9H2,1H3,(H,21,24). The lowest BCUT2D eigenvalue weighted by Crippen LogP contribution is -2.25. The van der Waals surface area contributed by atoms with Gasteiger partial charge in [-0.1, -0.05) is 23.9 Å². The second kappa shape index (κ2) is 7.97. The number of thioether (sulfide) groups is 2. The number of fused-ring (bicyclic) bond motifs is 1. The third-order valence-corrected chi connectivity index (χ3v) is 5.99. The van der Waals surface area contributed by atoms with Crippen molar-refractivity contribution in [3.05, 3.63) is 45.9 Å². The van der Waals surface area contributed by atoms with Crippen LogP contribution in [0.3, 0.4) is 0 Å². The minimum atomic E-state index is -4.56. The van der Waals surface area contributed by atoms with E-state index in [1.807, 2.05) is 0 Å². The number of halogens is 3. The van der Waals surface area contributed by atoms with Crippen LogP contribution in [-0.2, 0) is 23.9 Å². The number of amides is 1. The molecule has 3 rings (SSSR count). The van der Waals surface area contributed by atoms with Gasteiger partial charge in [0.05, 0.1) is 27.6 Å². The van der Waals surface area contributed by atoms with Crippen LogP contribution >= 0.6 is 23.5 Å². The lowest BCUT2D eigenvalue weighted by molar-refractivity contribution is -0.137. The molecule has 0 radical (unpaired) electrons. The molecule has 2 heterocycles. The third-order valence-electron chi connectivity index (χ3n) is 3.90. The Morgan fingerprint density at radius 2 is 2.11 bits per heavy atom. The van der Waals surface area contributed by atoms with Gasteiger partial charge >= 0.3 is 6.18 Å². The largest absolute Gasteiger partial charge is 0.418 e. The van der Waals surface area contributed by atoms with Crippen LogP contribution in [0.4, 0.5) is 18.9 Å². The van der Waals surface area contributed by atoms with Gasteiger partial charge in [0.1, 0.15) is 0 Å². The van der Waals surface area contributed by atoms with Gasteiger partial charge in [0.15, 0.2) is 5.16 Å². The van der Waals surface area contributed by atoms with Gasteiger partial charge in [-0.3, -0.25) is 14.2 Å². The highest BCUT2D eigenvalue weighted by Gasteiger charge is 2.33. The number of aromatic nitrogens is 2. The summed E-state index contributed by atoms with van der Waals surface area (Å²) in [6.07, 6.45) is -3.86. The van der Waals surface area contributed by atoms with E-state index in [4.69, 9.17) is 0 Å². The fourth-order valence-corrected chi connectivity index (χ4v) is 4.59. The zero-order valence-corrected chi connectivity index (χ0v) is 15.9. The van der Waals surface area contributed by atoms with E-state index in [9.17, 15) is 22.8 Å². The topological polar surface area (TPSA) is 64.0 Å². The summed E-state index contributed by atoms with van der Waals surface area (Å²) in [4.78, 5) is 29.7. The first-order valence-corrected chi connectivity index (χ1v) is 10.1. The highest BCUT2D eigenvalue weighted by molar-refractivity contribution is 8.00. The molecular weight excluding hydrogens is 399 g/mol. The molecule has 0 atom stereocenters. The zero-order chi connectivity index (χ0) is 19.6. The van der Waals surface area contributed by atoms with E-state index in [1.165, 1.54) is 34.5 Å². The monoisotopic (exact) mass is 415 g/mol. The minimum absolute atomic E-state index is 0.129. The number of hydrogen-bond donors (Lipinski definition) is 1. The highest BCUT2D eigenvalue weighted by atomic mass is 32.2. The van der Waals surface area contributed by atoms with Crippen molar-refractivity contribution >= 4 is 35.1 Å². The summed E-state index contributed by atoms with van der Waals surface area (Å²) in [5.74, 6) is 0.0535. The van der Waals surface area contributed by atoms with Gasteiger partial charge in [-0.25, -0.2) is 4.98 Å². The lowest BCUT2D eigenvalue weighted by atomic mass is 10.1. The van der Waals surface area contributed by atoms with Gasteiger partial charge in [-0.15, -0.1) is 11.8 Å². The van der Waals surface area contributed by atoms with E-state index in [2.05, 4.69) is 10.3 Å². The van der Waals surface area contributed by atoms with Crippen molar-refractivity contribution in [2.24, 2.45) is 0 Å². The summed E-state index contributed by atoms with van der Waals surface area (Å²) in [7, 11) is 0. The van der Waals surface area contributed by atoms with Crippen molar-refractivity contribution < 1.29 is 18.0 Å². The van der Waals surface area contributed by atoms with Crippen LogP contribution in [-0.4, -0.2) is 27.0 Å². The number of rotatable bonds is 5. The number of aryl methyl sites for hydroxylation is 1. The molecule has 1 aliphatic heterocycles. The van der Waals surface area contributed by atoms with E-state index < -0.39 is 17.6 Å². The van der Waals surface area contributed by atoms with E-state index in [1.54, 1.807) is 6.92 Å². The molecule has 1 aliphatic rings. The van der Waals surface area contributed by atoms with Crippen LogP contribution in [0.25, 0.3) is 0 Å². The lowest BCUT2D eigenvalue weighted by Gasteiger charge is -2.14. The Morgan fingerprint density at radius 3 is 2.81 bits per heavy atom. The molecule has 0 aliphatic carbocycles. The highest BCUT2D eigenvalue weighted by Crippen LogP contribution is 2.34. The van der Waals surface area contributed by atoms with E-state index in [0.717, 1.165) is 29.3 Å². The summed E-state index contributed by atoms with van der Waals surface area (Å²) in [5.41, 5.74) is -0.598. The number of nitrogens with one attached hydrogen (secondary N) is 1. The Labute approximate surface area is 161 Å². The van der Waals surface area contributed by atoms with Gasteiger partial charge in [0.25, 0.3) is 5.56 Å². The molecule has 0 saturated carbocycles. The molecule has 1 aromatic heterocycles. The SMILES string of the molecule is CCn1c(SCC(=O)Nc2ccccc2C(F)(F)F)nc2c(c1=O)SCC2. The maximum absolute atomic E-state index is 13.0. The van der Waals surface area contributed by atoms with Crippen LogP contribution in [0.1, 0.15) is 18.2 Å². The minimum Gasteiger partial charge on any atom is -0.325 e. The maximum atomic E-state index is 13.0. The van der Waals surface area contributed by atoms with Crippen molar-refractivity contribution in [1.82, 2.24) is 9.55 Å². The summed E-state index contributed by atoms with van der Waals surface area (Å²) in [6.45, 7) is 2.21. The van der Waals surface area contributed by atoms with E-state index in [-0.39, 0.29) is 17.0 Å². The number of alkyl halides is 3. The molecule has 1 amide bonds. The number of carbonyl (C=O) groups excluding carboxylic acids is 1. The van der Waals surface area contributed by atoms with Crippen LogP contribution in [0.15, 0.2) is 39.1 Å². The van der Waals surface area contributed by atoms with Crippen molar-refractivity contribution in [2.75, 3.05) is 16.8 Å². The molecule has 0 unspecified atom stereocenters. The van der Waals surface area contributed by atoms with Crippen LogP contribution in [0, 0.1) is 0 Å². The van der Waals surface area contributed by atoms with Crippen molar-refractivity contribution in [3.8, 4) is 0 Å². The molecule has 10 heteroatoms. The Hall–Kier alpha value is -1.94. The van der Waals surface area contributed by atoms with Gasteiger partial charge in [-0.2, -0.15) is 13.2 Å². The van der Waals surface area contributed by atoms with Crippen LogP contribution in [0.5, 0.6) is 0 Å². The Bertz CT molecular complexity index is 929. The second-order valence-electron chi connectivity index (χ2n) is 5.70. The van der Waals surface area contributed by atoms with Gasteiger partial charge in [0, 0.05) is 18.7 Å². The van der Waals surface area contributed by atoms with Crippen LogP contribution in [0.2, 0.25) is 0 Å². The predicted molar refractivity (Wildman–Crippen MR) is 99.4 cm³/mol. The molecule has 0 bridgehead atoms. The fourth-order valence-electron chi connectivity index (χ4n) is 2.67. The molecular formula is C17H16F3N3O2S2. The number of hydrogen-bond acceptors (Lipinski definition) is 5. The first-order chi connectivity index (χ1) is 12.8. The number of carbonyl (C=O) groups is 1. The Morgan fingerprint density at radius 1 is 1.37 bits per heavy atom.